The molecular formula is C22H34N4O2+2. The lowest BCUT2D eigenvalue weighted by molar-refractivity contribution is -1.01. The first-order valence-electron chi connectivity index (χ1n) is 10.7. The molecule has 6 nitrogen and oxygen atoms in total. The zero-order chi connectivity index (χ0) is 19.8. The Morgan fingerprint density at radius 2 is 1.75 bits per heavy atom. The number of para-hydroxylation sites is 1. The largest absolute Gasteiger partial charge is 0.488 e. The van der Waals surface area contributed by atoms with Crippen LogP contribution in [0.15, 0.2) is 30.3 Å². The molecule has 0 aromatic heterocycles. The van der Waals surface area contributed by atoms with Gasteiger partial charge < -0.3 is 19.4 Å². The van der Waals surface area contributed by atoms with E-state index < -0.39 is 5.54 Å². The highest BCUT2D eigenvalue weighted by atomic mass is 16.5. The summed E-state index contributed by atoms with van der Waals surface area (Å²) in [5.41, 5.74) is -0.573. The number of hydrogen-bond acceptors (Lipinski definition) is 3. The van der Waals surface area contributed by atoms with Crippen molar-refractivity contribution in [1.29, 1.82) is 5.26 Å². The van der Waals surface area contributed by atoms with Crippen molar-refractivity contribution in [2.24, 2.45) is 0 Å². The summed E-state index contributed by atoms with van der Waals surface area (Å²) in [6.45, 7) is 6.35. The second-order valence-corrected chi connectivity index (χ2v) is 8.25. The van der Waals surface area contributed by atoms with Crippen LogP contribution in [0.25, 0.3) is 0 Å². The van der Waals surface area contributed by atoms with E-state index in [9.17, 15) is 10.1 Å². The van der Waals surface area contributed by atoms with E-state index in [1.807, 2.05) is 37.4 Å². The van der Waals surface area contributed by atoms with E-state index in [1.54, 1.807) is 9.80 Å². The second-order valence-electron chi connectivity index (χ2n) is 8.25. The van der Waals surface area contributed by atoms with Crippen LogP contribution in [0.5, 0.6) is 5.75 Å². The number of ether oxygens (including phenoxy) is 1. The molecule has 0 atom stereocenters. The van der Waals surface area contributed by atoms with Gasteiger partial charge in [0, 0.05) is 7.05 Å². The number of carbonyl (C=O) groups excluding carboxylic acids is 1. The smallest absolute Gasteiger partial charge is 0.278 e. The molecule has 2 N–H and O–H groups in total. The van der Waals surface area contributed by atoms with E-state index in [2.05, 4.69) is 6.07 Å². The number of rotatable bonds is 7. The molecule has 0 spiro atoms. The molecule has 152 valence electrons. The van der Waals surface area contributed by atoms with Gasteiger partial charge in [0.2, 0.25) is 0 Å². The van der Waals surface area contributed by atoms with E-state index in [-0.39, 0.29) is 5.91 Å². The Bertz CT molecular complexity index is 659. The van der Waals surface area contributed by atoms with Crippen molar-refractivity contribution < 1.29 is 19.3 Å². The molecule has 2 fully saturated rings. The number of carbonyl (C=O) groups is 1. The molecule has 28 heavy (non-hydrogen) atoms. The number of hydrogen-bond donors (Lipinski definition) is 2. The van der Waals surface area contributed by atoms with Gasteiger partial charge in [0.15, 0.2) is 6.54 Å². The Morgan fingerprint density at radius 3 is 2.39 bits per heavy atom. The fraction of sp³-hybridized carbons (Fsp3) is 0.636. The highest BCUT2D eigenvalue weighted by Gasteiger charge is 2.40. The van der Waals surface area contributed by atoms with Gasteiger partial charge in [-0.25, -0.2) is 0 Å². The predicted molar refractivity (Wildman–Crippen MR) is 107 cm³/mol. The van der Waals surface area contributed by atoms with Gasteiger partial charge in [-0.05, 0) is 25.0 Å². The van der Waals surface area contributed by atoms with E-state index in [0.717, 1.165) is 70.8 Å². The zero-order valence-corrected chi connectivity index (χ0v) is 17.1. The number of benzene rings is 1. The number of nitriles is 1. The Kier molecular flexibility index (Phi) is 7.30. The van der Waals surface area contributed by atoms with Gasteiger partial charge in [0.25, 0.3) is 5.91 Å². The lowest BCUT2D eigenvalue weighted by Gasteiger charge is -2.39. The minimum absolute atomic E-state index is 0.120. The third-order valence-electron chi connectivity index (χ3n) is 6.44. The average molecular weight is 387 g/mol. The summed E-state index contributed by atoms with van der Waals surface area (Å²) in [5, 5.41) is 9.70. The van der Waals surface area contributed by atoms with Gasteiger partial charge >= 0.3 is 0 Å². The van der Waals surface area contributed by atoms with Crippen LogP contribution in [-0.4, -0.2) is 69.3 Å². The number of amides is 1. The van der Waals surface area contributed by atoms with Crippen LogP contribution in [0.3, 0.4) is 0 Å². The van der Waals surface area contributed by atoms with Crippen molar-refractivity contribution in [3.05, 3.63) is 30.3 Å². The topological polar surface area (TPSA) is 62.2 Å². The molecule has 1 saturated carbocycles. The molecule has 2 aliphatic rings. The first-order valence-corrected chi connectivity index (χ1v) is 10.7. The summed E-state index contributed by atoms with van der Waals surface area (Å²) in [6, 6.07) is 12.4. The standard InChI is InChI=1S/C22H32N4O2/c1-24(22(19-23)10-6-3-7-11-22)21(27)18-26-14-12-25(13-15-26)16-17-28-20-8-4-2-5-9-20/h2,4-5,8-9H,3,6-7,10-18H2,1H3/p+2. The molecule has 1 aromatic rings. The Morgan fingerprint density at radius 1 is 1.11 bits per heavy atom. The van der Waals surface area contributed by atoms with E-state index in [1.165, 1.54) is 11.3 Å². The SMILES string of the molecule is CN(C(=O)C[NH+]1CC[NH+](CCOc2ccccc2)CC1)C1(C#N)CCCCC1. The quantitative estimate of drug-likeness (QED) is 0.666. The molecule has 1 amide bonds. The molecule has 0 bridgehead atoms. The van der Waals surface area contributed by atoms with Crippen molar-refractivity contribution in [3.63, 3.8) is 0 Å². The number of nitrogens with one attached hydrogen (secondary N) is 2. The second kappa shape index (κ2) is 9.90. The van der Waals surface area contributed by atoms with Crippen LogP contribution in [0.4, 0.5) is 0 Å². The third kappa shape index (κ3) is 5.24. The predicted octanol–water partition coefficient (Wildman–Crippen LogP) is -0.466. The lowest BCUT2D eigenvalue weighted by Crippen LogP contribution is -3.28. The van der Waals surface area contributed by atoms with Gasteiger partial charge in [-0.15, -0.1) is 0 Å². The first-order chi connectivity index (χ1) is 13.6. The summed E-state index contributed by atoms with van der Waals surface area (Å²) < 4.78 is 5.80. The Hall–Kier alpha value is -2.10. The molecule has 1 aliphatic heterocycles. The van der Waals surface area contributed by atoms with Gasteiger partial charge in [-0.2, -0.15) is 5.26 Å². The molecular weight excluding hydrogens is 352 g/mol. The van der Waals surface area contributed by atoms with Gasteiger partial charge in [0.05, 0.1) is 6.07 Å². The molecule has 1 heterocycles. The van der Waals surface area contributed by atoms with Gasteiger partial charge in [-0.3, -0.25) is 4.79 Å². The minimum Gasteiger partial charge on any atom is -0.488 e. The summed E-state index contributed by atoms with van der Waals surface area (Å²) in [6.07, 6.45) is 4.91. The lowest BCUT2D eigenvalue weighted by atomic mass is 9.81. The third-order valence-corrected chi connectivity index (χ3v) is 6.44. The molecule has 6 heteroatoms. The van der Waals surface area contributed by atoms with E-state index in [4.69, 9.17) is 4.74 Å². The maximum Gasteiger partial charge on any atom is 0.278 e. The molecule has 3 rings (SSSR count). The highest BCUT2D eigenvalue weighted by Crippen LogP contribution is 2.32. The molecule has 0 unspecified atom stereocenters. The Balaban J connectivity index is 1.39. The fourth-order valence-electron chi connectivity index (χ4n) is 4.44. The van der Waals surface area contributed by atoms with Gasteiger partial charge in [0.1, 0.15) is 50.6 Å². The summed E-state index contributed by atoms with van der Waals surface area (Å²) >= 11 is 0. The monoisotopic (exact) mass is 386 g/mol. The summed E-state index contributed by atoms with van der Waals surface area (Å²) in [7, 11) is 1.83. The van der Waals surface area contributed by atoms with Crippen LogP contribution in [0, 0.1) is 11.3 Å². The van der Waals surface area contributed by atoms with Crippen LogP contribution in [-0.2, 0) is 4.79 Å². The maximum absolute atomic E-state index is 12.8. The minimum atomic E-state index is -0.573. The first kappa shape index (κ1) is 20.6. The molecule has 1 saturated heterocycles. The van der Waals surface area contributed by atoms with Crippen LogP contribution in [0.1, 0.15) is 32.1 Å². The molecule has 0 radical (unpaired) electrons. The summed E-state index contributed by atoms with van der Waals surface area (Å²) in [5.74, 6) is 1.04. The van der Waals surface area contributed by atoms with Crippen LogP contribution in [0.2, 0.25) is 0 Å². The van der Waals surface area contributed by atoms with Crippen molar-refractivity contribution in [3.8, 4) is 11.8 Å². The van der Waals surface area contributed by atoms with E-state index >= 15 is 0 Å². The fourth-order valence-corrected chi connectivity index (χ4v) is 4.44. The summed E-state index contributed by atoms with van der Waals surface area (Å²) in [4.78, 5) is 17.5. The zero-order valence-electron chi connectivity index (χ0n) is 17.1. The van der Waals surface area contributed by atoms with Crippen molar-refractivity contribution >= 4 is 5.91 Å². The number of quaternary nitrogens is 2. The van der Waals surface area contributed by atoms with Crippen LogP contribution >= 0.6 is 0 Å². The highest BCUT2D eigenvalue weighted by molar-refractivity contribution is 5.78. The van der Waals surface area contributed by atoms with Crippen LogP contribution < -0.4 is 14.5 Å². The van der Waals surface area contributed by atoms with Crippen molar-refractivity contribution in [1.82, 2.24) is 4.90 Å². The number of nitrogens with zero attached hydrogens (tertiary/aromatic N) is 2. The van der Waals surface area contributed by atoms with Crippen molar-refractivity contribution in [2.45, 2.75) is 37.6 Å². The van der Waals surface area contributed by atoms with E-state index in [0.29, 0.717) is 6.54 Å². The average Bonchev–Trinajstić information content (AvgIpc) is 2.75. The Labute approximate surface area is 168 Å². The van der Waals surface area contributed by atoms with Gasteiger partial charge in [-0.1, -0.05) is 37.5 Å². The number of piperazine rings is 1. The molecule has 1 aliphatic carbocycles. The maximum atomic E-state index is 12.8. The molecule has 1 aromatic carbocycles. The number of likely N-dealkylation sites (N-methyl/N-ethyl adjacent to an activating group) is 1. The van der Waals surface area contributed by atoms with Crippen molar-refractivity contribution in [2.75, 3.05) is 52.9 Å². The normalized spacial score (nSPS) is 24.1.